The van der Waals surface area contributed by atoms with Crippen molar-refractivity contribution in [1.29, 1.82) is 0 Å². The van der Waals surface area contributed by atoms with E-state index in [1.807, 2.05) is 29.8 Å². The van der Waals surface area contributed by atoms with E-state index in [0.717, 1.165) is 29.3 Å². The van der Waals surface area contributed by atoms with Crippen LogP contribution in [0.3, 0.4) is 0 Å². The molecule has 3 aromatic rings. The number of hydrogen-bond acceptors (Lipinski definition) is 5. The number of ether oxygens (including phenoxy) is 1. The highest BCUT2D eigenvalue weighted by atomic mass is 35.5. The molecule has 2 aromatic heterocycles. The summed E-state index contributed by atoms with van der Waals surface area (Å²) < 4.78 is 5.49. The van der Waals surface area contributed by atoms with Gasteiger partial charge in [-0.2, -0.15) is 11.3 Å². The third-order valence-electron chi connectivity index (χ3n) is 3.54. The lowest BCUT2D eigenvalue weighted by Crippen LogP contribution is -2.22. The average molecular weight is 391 g/mol. The Bertz CT molecular complexity index is 782. The van der Waals surface area contributed by atoms with E-state index in [1.54, 1.807) is 22.7 Å². The van der Waals surface area contributed by atoms with Crippen LogP contribution in [0.2, 0.25) is 0 Å². The van der Waals surface area contributed by atoms with Crippen molar-refractivity contribution in [2.24, 2.45) is 0 Å². The zero-order valence-electron chi connectivity index (χ0n) is 13.6. The van der Waals surface area contributed by atoms with Crippen molar-refractivity contribution in [2.75, 3.05) is 6.61 Å². The fraction of sp³-hybridized carbons (Fsp3) is 0.211. The highest BCUT2D eigenvalue weighted by Gasteiger charge is 2.15. The lowest BCUT2D eigenvalue weighted by Gasteiger charge is -2.16. The van der Waals surface area contributed by atoms with Crippen LogP contribution in [0.1, 0.15) is 22.2 Å². The maximum atomic E-state index is 5.49. The first-order valence-electron chi connectivity index (χ1n) is 7.64. The molecule has 25 heavy (non-hydrogen) atoms. The summed E-state index contributed by atoms with van der Waals surface area (Å²) in [6.45, 7) is 1.04. The zero-order valence-corrected chi connectivity index (χ0v) is 16.0. The average Bonchev–Trinajstić information content (AvgIpc) is 3.30. The van der Waals surface area contributed by atoms with Gasteiger partial charge in [0.05, 0.1) is 6.04 Å². The van der Waals surface area contributed by atoms with Gasteiger partial charge in [0, 0.05) is 18.1 Å². The van der Waals surface area contributed by atoms with Crippen molar-refractivity contribution in [3.05, 3.63) is 68.8 Å². The Kier molecular flexibility index (Phi) is 7.96. The Morgan fingerprint density at radius 2 is 2.16 bits per heavy atom. The SMILES string of the molecule is C#CCOc1cccc(CNC(Cc2ccsc2)c2nccs2)c1.Cl. The van der Waals surface area contributed by atoms with Gasteiger partial charge in [-0.3, -0.25) is 0 Å². The second-order valence-corrected chi connectivity index (χ2v) is 6.99. The topological polar surface area (TPSA) is 34.1 Å². The minimum absolute atomic E-state index is 0. The lowest BCUT2D eigenvalue weighted by molar-refractivity contribution is 0.369. The first-order valence-corrected chi connectivity index (χ1v) is 9.46. The van der Waals surface area contributed by atoms with Gasteiger partial charge < -0.3 is 10.1 Å². The molecule has 0 amide bonds. The second kappa shape index (κ2) is 10.2. The van der Waals surface area contributed by atoms with E-state index in [0.29, 0.717) is 0 Å². The number of terminal acetylenes is 1. The highest BCUT2D eigenvalue weighted by Crippen LogP contribution is 2.23. The second-order valence-electron chi connectivity index (χ2n) is 5.28. The van der Waals surface area contributed by atoms with E-state index >= 15 is 0 Å². The maximum Gasteiger partial charge on any atom is 0.148 e. The van der Waals surface area contributed by atoms with Gasteiger partial charge in [-0.05, 0) is 46.5 Å². The first kappa shape index (κ1) is 19.5. The molecule has 2 heterocycles. The Labute approximate surface area is 162 Å². The van der Waals surface area contributed by atoms with Gasteiger partial charge in [0.15, 0.2) is 0 Å². The Morgan fingerprint density at radius 3 is 2.88 bits per heavy atom. The van der Waals surface area contributed by atoms with Crippen molar-refractivity contribution in [1.82, 2.24) is 10.3 Å². The molecular formula is C19H19ClN2OS2. The van der Waals surface area contributed by atoms with Crippen molar-refractivity contribution < 1.29 is 4.74 Å². The zero-order chi connectivity index (χ0) is 16.6. The number of nitrogens with one attached hydrogen (secondary N) is 1. The molecule has 1 aromatic carbocycles. The summed E-state index contributed by atoms with van der Waals surface area (Å²) >= 11 is 3.41. The number of thiazole rings is 1. The molecule has 3 rings (SSSR count). The normalized spacial score (nSPS) is 11.3. The molecule has 0 saturated carbocycles. The van der Waals surface area contributed by atoms with Crippen LogP contribution in [0.4, 0.5) is 0 Å². The molecule has 0 radical (unpaired) electrons. The van der Waals surface area contributed by atoms with Crippen molar-refractivity contribution in [3.8, 4) is 18.1 Å². The molecule has 3 nitrogen and oxygen atoms in total. The summed E-state index contributed by atoms with van der Waals surface area (Å²) in [6, 6.07) is 10.4. The molecule has 0 aliphatic heterocycles. The molecule has 6 heteroatoms. The molecule has 0 fully saturated rings. The molecule has 1 N–H and O–H groups in total. The third-order valence-corrected chi connectivity index (χ3v) is 5.16. The number of benzene rings is 1. The number of rotatable bonds is 8. The van der Waals surface area contributed by atoms with E-state index in [9.17, 15) is 0 Å². The lowest BCUT2D eigenvalue weighted by atomic mass is 10.1. The van der Waals surface area contributed by atoms with Gasteiger partial charge in [-0.25, -0.2) is 4.98 Å². The molecule has 0 aliphatic carbocycles. The van der Waals surface area contributed by atoms with Crippen LogP contribution >= 0.6 is 35.1 Å². The number of thiophene rings is 1. The minimum atomic E-state index is 0. The van der Waals surface area contributed by atoms with Crippen LogP contribution in [-0.4, -0.2) is 11.6 Å². The fourth-order valence-electron chi connectivity index (χ4n) is 2.41. The van der Waals surface area contributed by atoms with Gasteiger partial charge in [-0.15, -0.1) is 30.2 Å². The van der Waals surface area contributed by atoms with E-state index in [2.05, 4.69) is 39.1 Å². The van der Waals surface area contributed by atoms with E-state index in [-0.39, 0.29) is 25.1 Å². The monoisotopic (exact) mass is 390 g/mol. The molecule has 0 saturated heterocycles. The summed E-state index contributed by atoms with van der Waals surface area (Å²) in [7, 11) is 0. The van der Waals surface area contributed by atoms with E-state index < -0.39 is 0 Å². The van der Waals surface area contributed by atoms with Crippen molar-refractivity contribution >= 4 is 35.1 Å². The van der Waals surface area contributed by atoms with Crippen LogP contribution in [0.25, 0.3) is 0 Å². The number of nitrogens with zero attached hydrogens (tertiary/aromatic N) is 1. The van der Waals surface area contributed by atoms with Crippen LogP contribution in [-0.2, 0) is 13.0 Å². The number of hydrogen-bond donors (Lipinski definition) is 1. The summed E-state index contributed by atoms with van der Waals surface area (Å²) in [5, 5.41) is 11.1. The Morgan fingerprint density at radius 1 is 1.24 bits per heavy atom. The molecule has 0 aliphatic rings. The van der Waals surface area contributed by atoms with Crippen LogP contribution in [0.15, 0.2) is 52.7 Å². The number of halogens is 1. The molecular weight excluding hydrogens is 372 g/mol. The van der Waals surface area contributed by atoms with Crippen molar-refractivity contribution in [3.63, 3.8) is 0 Å². The predicted octanol–water partition coefficient (Wildman–Crippen LogP) is 4.71. The van der Waals surface area contributed by atoms with Crippen LogP contribution < -0.4 is 10.1 Å². The van der Waals surface area contributed by atoms with Crippen LogP contribution in [0, 0.1) is 12.3 Å². The smallest absolute Gasteiger partial charge is 0.148 e. The van der Waals surface area contributed by atoms with Gasteiger partial charge in [0.1, 0.15) is 17.4 Å². The molecule has 0 spiro atoms. The summed E-state index contributed by atoms with van der Waals surface area (Å²) in [4.78, 5) is 4.48. The quantitative estimate of drug-likeness (QED) is 0.565. The van der Waals surface area contributed by atoms with Gasteiger partial charge in [-0.1, -0.05) is 18.1 Å². The molecule has 130 valence electrons. The largest absolute Gasteiger partial charge is 0.481 e. The van der Waals surface area contributed by atoms with Gasteiger partial charge in [0.25, 0.3) is 0 Å². The first-order chi connectivity index (χ1) is 11.8. The minimum Gasteiger partial charge on any atom is -0.481 e. The van der Waals surface area contributed by atoms with Crippen LogP contribution in [0.5, 0.6) is 5.75 Å². The molecule has 0 bridgehead atoms. The van der Waals surface area contributed by atoms with Gasteiger partial charge in [0.2, 0.25) is 0 Å². The molecule has 1 unspecified atom stereocenters. The summed E-state index contributed by atoms with van der Waals surface area (Å²) in [5.74, 6) is 3.29. The summed E-state index contributed by atoms with van der Waals surface area (Å²) in [5.41, 5.74) is 2.50. The highest BCUT2D eigenvalue weighted by molar-refractivity contribution is 7.09. The Hall–Kier alpha value is -1.84. The number of aromatic nitrogens is 1. The maximum absolute atomic E-state index is 5.49. The van der Waals surface area contributed by atoms with Gasteiger partial charge >= 0.3 is 0 Å². The summed E-state index contributed by atoms with van der Waals surface area (Å²) in [6.07, 6.45) is 8.03. The van der Waals surface area contributed by atoms with E-state index in [1.165, 1.54) is 5.56 Å². The van der Waals surface area contributed by atoms with Crippen molar-refractivity contribution in [2.45, 2.75) is 19.0 Å². The Balaban J connectivity index is 0.00000225. The standard InChI is InChI=1S/C19H18N2OS2.ClH/c1-2-8-22-17-5-3-4-15(11-17)13-21-18(19-20-7-10-24-19)12-16-6-9-23-14-16;/h1,3-7,9-11,14,18,21H,8,12-13H2;1H. The predicted molar refractivity (Wildman–Crippen MR) is 108 cm³/mol. The molecule has 1 atom stereocenters. The fourth-order valence-corrected chi connectivity index (χ4v) is 3.80. The van der Waals surface area contributed by atoms with E-state index in [4.69, 9.17) is 11.2 Å². The third kappa shape index (κ3) is 5.87.